The molecule has 5 heteroatoms. The van der Waals surface area contributed by atoms with Gasteiger partial charge in [0.2, 0.25) is 5.91 Å². The maximum absolute atomic E-state index is 12.2. The molecule has 0 saturated heterocycles. The highest BCUT2D eigenvalue weighted by atomic mass is 16.2. The minimum Gasteiger partial charge on any atom is -0.354 e. The lowest BCUT2D eigenvalue weighted by molar-refractivity contribution is -0.121. The van der Waals surface area contributed by atoms with Gasteiger partial charge in [-0.15, -0.1) is 0 Å². The number of carbonyl (C=O) groups is 3. The molecule has 0 aliphatic carbocycles. The van der Waals surface area contributed by atoms with E-state index in [0.29, 0.717) is 17.7 Å². The number of imide groups is 1. The molecule has 0 unspecified atom stereocenters. The van der Waals surface area contributed by atoms with Crippen LogP contribution in [0.25, 0.3) is 0 Å². The summed E-state index contributed by atoms with van der Waals surface area (Å²) < 4.78 is 0. The minimum absolute atomic E-state index is 0.150. The first kappa shape index (κ1) is 15.9. The molecule has 2 aromatic rings. The fraction of sp³-hybridized carbons (Fsp3) is 0.211. The Labute approximate surface area is 140 Å². The average Bonchev–Trinajstić information content (AvgIpc) is 2.86. The quantitative estimate of drug-likeness (QED) is 0.858. The lowest BCUT2D eigenvalue weighted by Gasteiger charge is -2.16. The van der Waals surface area contributed by atoms with Crippen molar-refractivity contribution in [1.29, 1.82) is 0 Å². The number of amides is 3. The molecule has 0 saturated carbocycles. The van der Waals surface area contributed by atoms with Gasteiger partial charge in [-0.3, -0.25) is 19.3 Å². The fourth-order valence-corrected chi connectivity index (χ4v) is 2.75. The molecule has 5 nitrogen and oxygen atoms in total. The van der Waals surface area contributed by atoms with Crippen molar-refractivity contribution in [3.63, 3.8) is 0 Å². The smallest absolute Gasteiger partial charge is 0.262 e. The highest BCUT2D eigenvalue weighted by molar-refractivity contribution is 6.22. The van der Waals surface area contributed by atoms with Crippen LogP contribution in [-0.4, -0.2) is 35.7 Å². The van der Waals surface area contributed by atoms with Gasteiger partial charge in [-0.05, 0) is 23.6 Å². The molecule has 24 heavy (non-hydrogen) atoms. The molecule has 1 atom stereocenters. The number of rotatable bonds is 5. The molecule has 0 spiro atoms. The molecule has 0 aromatic heterocycles. The normalized spacial score (nSPS) is 14.5. The van der Waals surface area contributed by atoms with E-state index in [-0.39, 0.29) is 18.4 Å². The van der Waals surface area contributed by atoms with Crippen LogP contribution in [-0.2, 0) is 4.79 Å². The Morgan fingerprint density at radius 2 is 1.50 bits per heavy atom. The predicted octanol–water partition coefficient (Wildman–Crippen LogP) is 2.20. The van der Waals surface area contributed by atoms with Crippen LogP contribution < -0.4 is 5.32 Å². The molecule has 3 rings (SSSR count). The largest absolute Gasteiger partial charge is 0.354 e. The summed E-state index contributed by atoms with van der Waals surface area (Å²) in [5.41, 5.74) is 1.83. The van der Waals surface area contributed by atoms with E-state index in [0.717, 1.165) is 10.5 Å². The zero-order chi connectivity index (χ0) is 17.1. The van der Waals surface area contributed by atoms with Crippen LogP contribution >= 0.6 is 0 Å². The number of nitrogens with one attached hydrogen (secondary N) is 1. The maximum Gasteiger partial charge on any atom is 0.262 e. The van der Waals surface area contributed by atoms with Gasteiger partial charge in [-0.25, -0.2) is 0 Å². The summed E-state index contributed by atoms with van der Waals surface area (Å²) in [5, 5.41) is 2.79. The van der Waals surface area contributed by atoms with Crippen molar-refractivity contribution < 1.29 is 14.4 Å². The summed E-state index contributed by atoms with van der Waals surface area (Å²) in [4.78, 5) is 37.6. The van der Waals surface area contributed by atoms with Crippen molar-refractivity contribution in [2.24, 2.45) is 0 Å². The van der Waals surface area contributed by atoms with E-state index >= 15 is 0 Å². The number of hydrogen-bond donors (Lipinski definition) is 1. The minimum atomic E-state index is -0.415. The second-order valence-electron chi connectivity index (χ2n) is 5.86. The first-order valence-corrected chi connectivity index (χ1v) is 7.85. The first-order chi connectivity index (χ1) is 11.6. The van der Waals surface area contributed by atoms with Gasteiger partial charge in [0.05, 0.1) is 11.1 Å². The van der Waals surface area contributed by atoms with Crippen LogP contribution in [0.4, 0.5) is 0 Å². The molecular formula is C19H18N2O3. The van der Waals surface area contributed by atoms with Crippen LogP contribution in [0, 0.1) is 0 Å². The maximum atomic E-state index is 12.2. The lowest BCUT2D eigenvalue weighted by atomic mass is 10.0. The third-order valence-corrected chi connectivity index (χ3v) is 4.15. The third-order valence-electron chi connectivity index (χ3n) is 4.15. The molecule has 3 amide bonds. The Bertz CT molecular complexity index is 751. The molecule has 1 heterocycles. The van der Waals surface area contributed by atoms with Crippen LogP contribution in [0.15, 0.2) is 54.6 Å². The second kappa shape index (κ2) is 6.66. The van der Waals surface area contributed by atoms with Crippen LogP contribution in [0.2, 0.25) is 0 Å². The van der Waals surface area contributed by atoms with Crippen molar-refractivity contribution in [2.75, 3.05) is 13.1 Å². The average molecular weight is 322 g/mol. The van der Waals surface area contributed by atoms with Crippen molar-refractivity contribution in [3.8, 4) is 0 Å². The fourth-order valence-electron chi connectivity index (χ4n) is 2.75. The summed E-state index contributed by atoms with van der Waals surface area (Å²) in [5.74, 6) is -1.02. The summed E-state index contributed by atoms with van der Waals surface area (Å²) in [6.07, 6.45) is 0. The van der Waals surface area contributed by atoms with Gasteiger partial charge >= 0.3 is 0 Å². The Morgan fingerprint density at radius 3 is 2.08 bits per heavy atom. The highest BCUT2D eigenvalue weighted by Crippen LogP contribution is 2.22. The van der Waals surface area contributed by atoms with Gasteiger partial charge in [0.1, 0.15) is 6.54 Å². The van der Waals surface area contributed by atoms with Gasteiger partial charge in [-0.1, -0.05) is 49.4 Å². The number of hydrogen-bond acceptors (Lipinski definition) is 3. The van der Waals surface area contributed by atoms with Crippen LogP contribution in [0.3, 0.4) is 0 Å². The van der Waals surface area contributed by atoms with Gasteiger partial charge in [-0.2, -0.15) is 0 Å². The third kappa shape index (κ3) is 3.06. The predicted molar refractivity (Wildman–Crippen MR) is 89.7 cm³/mol. The topological polar surface area (TPSA) is 66.5 Å². The summed E-state index contributed by atoms with van der Waals surface area (Å²) in [6.45, 7) is 2.21. The molecule has 122 valence electrons. The van der Waals surface area contributed by atoms with E-state index in [1.807, 2.05) is 37.3 Å². The number of nitrogens with zero attached hydrogens (tertiary/aromatic N) is 1. The van der Waals surface area contributed by atoms with E-state index in [1.54, 1.807) is 24.3 Å². The van der Waals surface area contributed by atoms with Gasteiger partial charge in [0.25, 0.3) is 11.8 Å². The molecule has 0 fully saturated rings. The number of carbonyl (C=O) groups excluding carboxylic acids is 3. The molecule has 1 N–H and O–H groups in total. The van der Waals surface area contributed by atoms with Crippen molar-refractivity contribution >= 4 is 17.7 Å². The molecule has 0 radical (unpaired) electrons. The monoisotopic (exact) mass is 322 g/mol. The Hall–Kier alpha value is -2.95. The Morgan fingerprint density at radius 1 is 0.958 bits per heavy atom. The molecule has 0 bridgehead atoms. The zero-order valence-corrected chi connectivity index (χ0v) is 13.4. The van der Waals surface area contributed by atoms with Gasteiger partial charge < -0.3 is 5.32 Å². The number of fused-ring (bicyclic) bond motifs is 1. The zero-order valence-electron chi connectivity index (χ0n) is 13.4. The number of benzene rings is 2. The van der Waals surface area contributed by atoms with Crippen LogP contribution in [0.5, 0.6) is 0 Å². The standard InChI is InChI=1S/C19H18N2O3/c1-13(14-7-3-2-4-8-14)11-20-17(22)12-21-18(23)15-9-5-6-10-16(15)19(21)24/h2-10,13H,11-12H2,1H3,(H,20,22)/t13-/m0/s1. The highest BCUT2D eigenvalue weighted by Gasteiger charge is 2.36. The molecule has 1 aliphatic rings. The molecular weight excluding hydrogens is 304 g/mol. The van der Waals surface area contributed by atoms with Crippen LogP contribution in [0.1, 0.15) is 39.1 Å². The van der Waals surface area contributed by atoms with Crippen molar-refractivity contribution in [3.05, 3.63) is 71.3 Å². The van der Waals surface area contributed by atoms with Crippen molar-refractivity contribution in [2.45, 2.75) is 12.8 Å². The van der Waals surface area contributed by atoms with Gasteiger partial charge in [0, 0.05) is 6.54 Å². The summed E-state index contributed by atoms with van der Waals surface area (Å²) >= 11 is 0. The van der Waals surface area contributed by atoms with E-state index in [4.69, 9.17) is 0 Å². The van der Waals surface area contributed by atoms with Crippen molar-refractivity contribution in [1.82, 2.24) is 10.2 Å². The molecule has 2 aromatic carbocycles. The SMILES string of the molecule is C[C@@H](CNC(=O)CN1C(=O)c2ccccc2C1=O)c1ccccc1. The lowest BCUT2D eigenvalue weighted by Crippen LogP contribution is -2.41. The molecule has 1 aliphatic heterocycles. The van der Waals surface area contributed by atoms with Gasteiger partial charge in [0.15, 0.2) is 0 Å². The Balaban J connectivity index is 1.58. The van der Waals surface area contributed by atoms with E-state index in [2.05, 4.69) is 5.32 Å². The van der Waals surface area contributed by atoms with E-state index in [9.17, 15) is 14.4 Å². The summed E-state index contributed by atoms with van der Waals surface area (Å²) in [6, 6.07) is 16.5. The first-order valence-electron chi connectivity index (χ1n) is 7.85. The van der Waals surface area contributed by atoms with E-state index < -0.39 is 11.8 Å². The second-order valence-corrected chi connectivity index (χ2v) is 5.86. The Kier molecular flexibility index (Phi) is 4.42. The van der Waals surface area contributed by atoms with E-state index in [1.165, 1.54) is 0 Å². The summed E-state index contributed by atoms with van der Waals surface area (Å²) in [7, 11) is 0.